The Morgan fingerprint density at radius 3 is 2.93 bits per heavy atom. The minimum atomic E-state index is -0.923. The summed E-state index contributed by atoms with van der Waals surface area (Å²) in [4.78, 5) is 24.8. The van der Waals surface area contributed by atoms with Crippen LogP contribution in [0.2, 0.25) is 0 Å². The van der Waals surface area contributed by atoms with Crippen molar-refractivity contribution in [3.05, 3.63) is 57.7 Å². The Bertz CT molecular complexity index is 1030. The molecule has 5 nitrogen and oxygen atoms in total. The number of amides is 1. The normalized spacial score (nSPS) is 16.1. The summed E-state index contributed by atoms with van der Waals surface area (Å²) >= 11 is 1.65. The van der Waals surface area contributed by atoms with Crippen molar-refractivity contribution in [1.82, 2.24) is 9.88 Å². The molecule has 2 aromatic heterocycles. The smallest absolute Gasteiger partial charge is 0.323 e. The van der Waals surface area contributed by atoms with Crippen molar-refractivity contribution in [2.45, 2.75) is 44.7 Å². The Morgan fingerprint density at radius 1 is 1.32 bits per heavy atom. The van der Waals surface area contributed by atoms with Gasteiger partial charge in [0.1, 0.15) is 12.4 Å². The number of nitrogens with zero attached hydrogens (tertiary/aromatic N) is 1. The number of aliphatic carboxylic acids is 1. The molecule has 0 saturated carbocycles. The summed E-state index contributed by atoms with van der Waals surface area (Å²) < 4.78 is 15.6. The molecular weight excluding hydrogens is 379 g/mol. The van der Waals surface area contributed by atoms with E-state index in [1.165, 1.54) is 17.0 Å². The van der Waals surface area contributed by atoms with Crippen LogP contribution >= 0.6 is 11.3 Å². The molecule has 0 fully saturated rings. The summed E-state index contributed by atoms with van der Waals surface area (Å²) in [5, 5.41) is 15.1. The van der Waals surface area contributed by atoms with Gasteiger partial charge in [0, 0.05) is 33.9 Å². The molecule has 1 amide bonds. The third-order valence-electron chi connectivity index (χ3n) is 5.27. The highest BCUT2D eigenvalue weighted by Crippen LogP contribution is 2.33. The van der Waals surface area contributed by atoms with Crippen LogP contribution in [0.3, 0.4) is 0 Å². The number of carbonyl (C=O) groups excluding carboxylic acids is 1. The molecule has 3 aromatic rings. The van der Waals surface area contributed by atoms with Crippen LogP contribution in [0.5, 0.6) is 0 Å². The van der Waals surface area contributed by atoms with Crippen LogP contribution in [0.25, 0.3) is 10.9 Å². The van der Waals surface area contributed by atoms with Crippen molar-refractivity contribution in [1.29, 1.82) is 0 Å². The zero-order valence-electron chi connectivity index (χ0n) is 15.3. The van der Waals surface area contributed by atoms with Crippen LogP contribution in [-0.2, 0) is 35.4 Å². The van der Waals surface area contributed by atoms with E-state index in [4.69, 9.17) is 0 Å². The van der Waals surface area contributed by atoms with E-state index in [-0.39, 0.29) is 24.3 Å². The number of thiophene rings is 1. The monoisotopic (exact) mass is 400 g/mol. The number of fused-ring (bicyclic) bond motifs is 3. The van der Waals surface area contributed by atoms with Crippen molar-refractivity contribution in [3.63, 3.8) is 0 Å². The molecule has 0 saturated heterocycles. The van der Waals surface area contributed by atoms with Gasteiger partial charge in [0.25, 0.3) is 0 Å². The minimum absolute atomic E-state index is 0.0160. The average molecular weight is 400 g/mol. The molecule has 1 unspecified atom stereocenters. The summed E-state index contributed by atoms with van der Waals surface area (Å²) in [7, 11) is 0. The number of carboxylic acids is 1. The summed E-state index contributed by atoms with van der Waals surface area (Å²) in [6.45, 7) is -0.144. The summed E-state index contributed by atoms with van der Waals surface area (Å²) in [5.41, 5.74) is 2.62. The number of aryl methyl sites for hydroxylation is 1. The highest BCUT2D eigenvalue weighted by atomic mass is 32.1. The number of aromatic nitrogens is 1. The Hall–Kier alpha value is -2.67. The van der Waals surface area contributed by atoms with Gasteiger partial charge in [-0.15, -0.1) is 11.3 Å². The van der Waals surface area contributed by atoms with E-state index in [2.05, 4.69) is 5.32 Å². The van der Waals surface area contributed by atoms with Crippen LogP contribution in [0.15, 0.2) is 35.7 Å². The second-order valence-corrected chi connectivity index (χ2v) is 8.19. The molecule has 0 spiro atoms. The number of halogens is 1. The number of nitrogens with one attached hydrogen (secondary N) is 1. The maximum atomic E-state index is 13.8. The summed E-state index contributed by atoms with van der Waals surface area (Å²) in [6, 6.07) is 8.45. The molecule has 4 rings (SSSR count). The lowest BCUT2D eigenvalue weighted by Gasteiger charge is -2.25. The van der Waals surface area contributed by atoms with Crippen molar-refractivity contribution in [3.8, 4) is 0 Å². The van der Waals surface area contributed by atoms with Gasteiger partial charge in [-0.05, 0) is 60.9 Å². The molecule has 146 valence electrons. The average Bonchev–Trinajstić information content (AvgIpc) is 3.27. The molecule has 0 bridgehead atoms. The third kappa shape index (κ3) is 3.80. The van der Waals surface area contributed by atoms with Gasteiger partial charge in [-0.25, -0.2) is 4.39 Å². The van der Waals surface area contributed by atoms with Gasteiger partial charge in [0.05, 0.1) is 0 Å². The topological polar surface area (TPSA) is 71.3 Å². The number of hydrogen-bond donors (Lipinski definition) is 2. The number of hydrogen-bond acceptors (Lipinski definition) is 3. The standard InChI is InChI=1S/C21H21FN2O3S/c22-13-3-6-18-16(10-13)17-11-14(4-7-19(17)24(18)12-21(26)27)23-20(25)8-5-15-2-1-9-28-15/h1-3,6,9-10,14H,4-5,7-8,11-12H2,(H,23,25)(H,26,27). The molecule has 1 aliphatic rings. The third-order valence-corrected chi connectivity index (χ3v) is 6.20. The van der Waals surface area contributed by atoms with Crippen LogP contribution in [0.1, 0.15) is 29.0 Å². The first-order valence-electron chi connectivity index (χ1n) is 9.34. The molecule has 7 heteroatoms. The molecule has 1 aromatic carbocycles. The first-order chi connectivity index (χ1) is 13.5. The maximum absolute atomic E-state index is 13.8. The number of benzene rings is 1. The predicted octanol–water partition coefficient (Wildman–Crippen LogP) is 3.53. The molecular formula is C21H21FN2O3S. The van der Waals surface area contributed by atoms with E-state index in [0.717, 1.165) is 35.0 Å². The van der Waals surface area contributed by atoms with Crippen LogP contribution in [0, 0.1) is 5.82 Å². The minimum Gasteiger partial charge on any atom is -0.480 e. The molecule has 0 aliphatic heterocycles. The summed E-state index contributed by atoms with van der Waals surface area (Å²) in [6.07, 6.45) is 3.17. The van der Waals surface area contributed by atoms with Gasteiger partial charge in [0.2, 0.25) is 5.91 Å². The molecule has 2 heterocycles. The van der Waals surface area contributed by atoms with Crippen molar-refractivity contribution in [2.24, 2.45) is 0 Å². The first-order valence-corrected chi connectivity index (χ1v) is 10.2. The van der Waals surface area contributed by atoms with E-state index in [0.29, 0.717) is 19.3 Å². The fourth-order valence-electron chi connectivity index (χ4n) is 4.05. The number of carboxylic acid groups (broad SMARTS) is 1. The lowest BCUT2D eigenvalue weighted by atomic mass is 9.91. The molecule has 2 N–H and O–H groups in total. The SMILES string of the molecule is O=C(O)Cn1c2c(c3cc(F)ccc31)CC(NC(=O)CCc1cccs1)CC2. The zero-order valence-corrected chi connectivity index (χ0v) is 16.1. The van der Waals surface area contributed by atoms with E-state index in [9.17, 15) is 19.1 Å². The second-order valence-electron chi connectivity index (χ2n) is 7.15. The van der Waals surface area contributed by atoms with Gasteiger partial charge in [-0.2, -0.15) is 0 Å². The molecule has 1 aliphatic carbocycles. The zero-order chi connectivity index (χ0) is 19.7. The van der Waals surface area contributed by atoms with E-state index >= 15 is 0 Å². The Balaban J connectivity index is 1.52. The maximum Gasteiger partial charge on any atom is 0.323 e. The number of carbonyl (C=O) groups is 2. The van der Waals surface area contributed by atoms with E-state index in [1.807, 2.05) is 17.5 Å². The fourth-order valence-corrected chi connectivity index (χ4v) is 4.76. The molecule has 28 heavy (non-hydrogen) atoms. The Kier molecular flexibility index (Phi) is 5.17. The quantitative estimate of drug-likeness (QED) is 0.665. The van der Waals surface area contributed by atoms with E-state index < -0.39 is 5.97 Å². The van der Waals surface area contributed by atoms with Gasteiger partial charge < -0.3 is 15.0 Å². The van der Waals surface area contributed by atoms with Gasteiger partial charge in [-0.3, -0.25) is 9.59 Å². The van der Waals surface area contributed by atoms with Gasteiger partial charge in [-0.1, -0.05) is 6.07 Å². The molecule has 0 radical (unpaired) electrons. The van der Waals surface area contributed by atoms with Crippen LogP contribution in [-0.4, -0.2) is 27.6 Å². The lowest BCUT2D eigenvalue weighted by molar-refractivity contribution is -0.137. The van der Waals surface area contributed by atoms with Crippen LogP contribution < -0.4 is 5.32 Å². The van der Waals surface area contributed by atoms with Crippen molar-refractivity contribution >= 4 is 34.1 Å². The van der Waals surface area contributed by atoms with Crippen molar-refractivity contribution in [2.75, 3.05) is 0 Å². The summed E-state index contributed by atoms with van der Waals surface area (Å²) in [5.74, 6) is -1.25. The highest BCUT2D eigenvalue weighted by Gasteiger charge is 2.27. The highest BCUT2D eigenvalue weighted by molar-refractivity contribution is 7.09. The predicted molar refractivity (Wildman–Crippen MR) is 106 cm³/mol. The lowest BCUT2D eigenvalue weighted by Crippen LogP contribution is -2.39. The second kappa shape index (κ2) is 7.75. The van der Waals surface area contributed by atoms with Crippen molar-refractivity contribution < 1.29 is 19.1 Å². The van der Waals surface area contributed by atoms with Gasteiger partial charge in [0.15, 0.2) is 0 Å². The van der Waals surface area contributed by atoms with Gasteiger partial charge >= 0.3 is 5.97 Å². The van der Waals surface area contributed by atoms with Crippen LogP contribution in [0.4, 0.5) is 4.39 Å². The first kappa shape index (κ1) is 18.7. The number of rotatable bonds is 6. The Morgan fingerprint density at radius 2 is 2.18 bits per heavy atom. The largest absolute Gasteiger partial charge is 0.480 e. The molecule has 1 atom stereocenters. The Labute approximate surface area is 165 Å². The fraction of sp³-hybridized carbons (Fsp3) is 0.333. The van der Waals surface area contributed by atoms with E-state index in [1.54, 1.807) is 22.0 Å².